The van der Waals surface area contributed by atoms with E-state index < -0.39 is 0 Å². The van der Waals surface area contributed by atoms with E-state index in [2.05, 4.69) is 58.5 Å². The van der Waals surface area contributed by atoms with Gasteiger partial charge in [0.25, 0.3) is 0 Å². The molecule has 2 heterocycles. The summed E-state index contributed by atoms with van der Waals surface area (Å²) in [4.78, 5) is 10.2. The van der Waals surface area contributed by atoms with Crippen molar-refractivity contribution < 1.29 is 4.74 Å². The molecule has 2 fully saturated rings. The molecule has 3 rings (SSSR count). The van der Waals surface area contributed by atoms with Crippen LogP contribution in [0.3, 0.4) is 0 Å². The van der Waals surface area contributed by atoms with E-state index in [9.17, 15) is 0 Å². The van der Waals surface area contributed by atoms with Crippen LogP contribution in [0.1, 0.15) is 51.1 Å². The van der Waals surface area contributed by atoms with Crippen LogP contribution < -0.4 is 15.4 Å². The fourth-order valence-corrected chi connectivity index (χ4v) is 4.62. The Hall–Kier alpha value is -1.06. The summed E-state index contributed by atoms with van der Waals surface area (Å²) in [6.45, 7) is 12.9. The first-order valence-corrected chi connectivity index (χ1v) is 11.9. The van der Waals surface area contributed by atoms with Gasteiger partial charge in [0.05, 0.1) is 19.7 Å². The maximum Gasteiger partial charge on any atom is 0.191 e. The molecule has 0 aliphatic carbocycles. The quantitative estimate of drug-likeness (QED) is 0.283. The maximum atomic E-state index is 5.36. The van der Waals surface area contributed by atoms with Crippen LogP contribution in [0.5, 0.6) is 5.75 Å². The number of likely N-dealkylation sites (tertiary alicyclic amines) is 2. The van der Waals surface area contributed by atoms with Gasteiger partial charge in [0.2, 0.25) is 0 Å². The Morgan fingerprint density at radius 3 is 2.45 bits per heavy atom. The van der Waals surface area contributed by atoms with Crippen LogP contribution in [-0.4, -0.2) is 75.2 Å². The molecular weight excluding hydrogens is 501 g/mol. The third-order valence-electron chi connectivity index (χ3n) is 6.47. The average Bonchev–Trinajstić information content (AvgIpc) is 3.27. The highest BCUT2D eigenvalue weighted by Gasteiger charge is 2.23. The second kappa shape index (κ2) is 14.2. The normalized spacial score (nSPS) is 21.4. The number of rotatable bonds is 9. The molecule has 0 spiro atoms. The molecule has 0 bridgehead atoms. The lowest BCUT2D eigenvalue weighted by molar-refractivity contribution is 0.167. The van der Waals surface area contributed by atoms with Gasteiger partial charge < -0.3 is 20.3 Å². The molecule has 0 radical (unpaired) electrons. The molecule has 2 aliphatic heterocycles. The molecule has 7 heteroatoms. The second-order valence-corrected chi connectivity index (χ2v) is 8.53. The molecule has 0 aromatic heterocycles. The number of guanidine groups is 1. The van der Waals surface area contributed by atoms with Crippen LogP contribution in [0.4, 0.5) is 0 Å². The van der Waals surface area contributed by atoms with Crippen molar-refractivity contribution in [3.8, 4) is 5.75 Å². The lowest BCUT2D eigenvalue weighted by Crippen LogP contribution is -2.41. The molecule has 2 atom stereocenters. The van der Waals surface area contributed by atoms with E-state index in [1.807, 2.05) is 0 Å². The first-order chi connectivity index (χ1) is 14.7. The van der Waals surface area contributed by atoms with Gasteiger partial charge in [0.1, 0.15) is 5.75 Å². The molecule has 31 heavy (non-hydrogen) atoms. The van der Waals surface area contributed by atoms with Crippen molar-refractivity contribution in [3.05, 3.63) is 29.8 Å². The summed E-state index contributed by atoms with van der Waals surface area (Å²) in [5.41, 5.74) is 1.33. The summed E-state index contributed by atoms with van der Waals surface area (Å²) < 4.78 is 5.36. The van der Waals surface area contributed by atoms with Gasteiger partial charge in [-0.1, -0.05) is 25.5 Å². The van der Waals surface area contributed by atoms with Crippen LogP contribution in [0.25, 0.3) is 0 Å². The summed E-state index contributed by atoms with van der Waals surface area (Å²) in [6, 6.07) is 8.85. The Kier molecular flexibility index (Phi) is 12.0. The van der Waals surface area contributed by atoms with Crippen LogP contribution >= 0.6 is 24.0 Å². The number of nitrogens with zero attached hydrogens (tertiary/aromatic N) is 3. The van der Waals surface area contributed by atoms with Crippen molar-refractivity contribution in [3.63, 3.8) is 0 Å². The van der Waals surface area contributed by atoms with Gasteiger partial charge in [-0.2, -0.15) is 0 Å². The summed E-state index contributed by atoms with van der Waals surface area (Å²) in [5.74, 6) is 2.57. The predicted octanol–water partition coefficient (Wildman–Crippen LogP) is 3.74. The van der Waals surface area contributed by atoms with Gasteiger partial charge in [-0.3, -0.25) is 9.89 Å². The van der Waals surface area contributed by atoms with Crippen molar-refractivity contribution >= 4 is 29.9 Å². The number of benzene rings is 1. The zero-order valence-electron chi connectivity index (χ0n) is 19.6. The van der Waals surface area contributed by atoms with Gasteiger partial charge >= 0.3 is 0 Å². The highest BCUT2D eigenvalue weighted by Crippen LogP contribution is 2.26. The maximum absolute atomic E-state index is 5.36. The Morgan fingerprint density at radius 1 is 1.10 bits per heavy atom. The summed E-state index contributed by atoms with van der Waals surface area (Å²) in [6.07, 6.45) is 5.19. The van der Waals surface area contributed by atoms with Crippen LogP contribution in [0.2, 0.25) is 0 Å². The van der Waals surface area contributed by atoms with Crippen molar-refractivity contribution in [2.45, 2.75) is 45.6 Å². The van der Waals surface area contributed by atoms with Gasteiger partial charge in [0, 0.05) is 19.6 Å². The van der Waals surface area contributed by atoms with Crippen LogP contribution in [0, 0.1) is 5.92 Å². The molecule has 1 aromatic rings. The fraction of sp³-hybridized carbons (Fsp3) is 0.708. The van der Waals surface area contributed by atoms with E-state index in [0.717, 1.165) is 51.0 Å². The Labute approximate surface area is 206 Å². The molecule has 6 nitrogen and oxygen atoms in total. The average molecular weight is 544 g/mol. The van der Waals surface area contributed by atoms with Crippen molar-refractivity contribution in [2.24, 2.45) is 10.9 Å². The Balaban J connectivity index is 0.00000341. The SMILES string of the molecule is CCNC(=NCC(c1ccc(OC)cc1)N1CCCCC1)NCC1CCN(CC)C1.I. The minimum Gasteiger partial charge on any atom is -0.497 e. The predicted molar refractivity (Wildman–Crippen MR) is 141 cm³/mol. The van der Waals surface area contributed by atoms with Gasteiger partial charge in [0.15, 0.2) is 5.96 Å². The van der Waals surface area contributed by atoms with Crippen LogP contribution in [-0.2, 0) is 0 Å². The van der Waals surface area contributed by atoms with E-state index in [0.29, 0.717) is 12.0 Å². The zero-order valence-corrected chi connectivity index (χ0v) is 21.9. The van der Waals surface area contributed by atoms with Gasteiger partial charge in [-0.25, -0.2) is 0 Å². The van der Waals surface area contributed by atoms with E-state index in [1.165, 1.54) is 44.3 Å². The molecule has 0 saturated carbocycles. The smallest absolute Gasteiger partial charge is 0.191 e. The summed E-state index contributed by atoms with van der Waals surface area (Å²) in [7, 11) is 1.72. The minimum atomic E-state index is 0. The molecule has 176 valence electrons. The second-order valence-electron chi connectivity index (χ2n) is 8.53. The van der Waals surface area contributed by atoms with Crippen molar-refractivity contribution in [1.29, 1.82) is 0 Å². The Bertz CT molecular complexity index is 648. The minimum absolute atomic E-state index is 0. The first-order valence-electron chi connectivity index (χ1n) is 11.9. The van der Waals surface area contributed by atoms with Crippen molar-refractivity contribution in [2.75, 3.05) is 59.5 Å². The van der Waals surface area contributed by atoms with E-state index in [-0.39, 0.29) is 24.0 Å². The number of halogens is 1. The lowest BCUT2D eigenvalue weighted by Gasteiger charge is -2.34. The van der Waals surface area contributed by atoms with Crippen LogP contribution in [0.15, 0.2) is 29.3 Å². The number of piperidine rings is 1. The molecule has 2 unspecified atom stereocenters. The molecule has 0 amide bonds. The standard InChI is InChI=1S/C24H41N5O.HI/c1-4-25-24(26-17-20-13-16-28(5-2)19-20)27-18-23(29-14-7-6-8-15-29)21-9-11-22(30-3)12-10-21;/h9-12,20,23H,4-8,13-19H2,1-3H3,(H2,25,26,27);1H. The number of hydrogen-bond acceptors (Lipinski definition) is 4. The molecule has 2 saturated heterocycles. The number of ether oxygens (including phenoxy) is 1. The summed E-state index contributed by atoms with van der Waals surface area (Å²) >= 11 is 0. The largest absolute Gasteiger partial charge is 0.497 e. The lowest BCUT2D eigenvalue weighted by atomic mass is 10.0. The third kappa shape index (κ3) is 8.09. The van der Waals surface area contributed by atoms with E-state index in [4.69, 9.17) is 9.73 Å². The number of hydrogen-bond donors (Lipinski definition) is 2. The molecular formula is C24H42IN5O. The van der Waals surface area contributed by atoms with E-state index >= 15 is 0 Å². The molecule has 1 aromatic carbocycles. The highest BCUT2D eigenvalue weighted by atomic mass is 127. The molecule has 2 aliphatic rings. The fourth-order valence-electron chi connectivity index (χ4n) is 4.62. The highest BCUT2D eigenvalue weighted by molar-refractivity contribution is 14.0. The van der Waals surface area contributed by atoms with E-state index in [1.54, 1.807) is 7.11 Å². The van der Waals surface area contributed by atoms with Crippen molar-refractivity contribution in [1.82, 2.24) is 20.4 Å². The molecule has 2 N–H and O–H groups in total. The number of aliphatic imine (C=N–C) groups is 1. The summed E-state index contributed by atoms with van der Waals surface area (Å²) in [5, 5.41) is 7.06. The zero-order chi connectivity index (χ0) is 21.2. The first kappa shape index (κ1) is 26.2. The number of nitrogens with one attached hydrogen (secondary N) is 2. The monoisotopic (exact) mass is 543 g/mol. The van der Waals surface area contributed by atoms with Gasteiger partial charge in [-0.15, -0.1) is 24.0 Å². The number of methoxy groups -OCH3 is 1. The van der Waals surface area contributed by atoms with Gasteiger partial charge in [-0.05, 0) is 76.0 Å². The topological polar surface area (TPSA) is 52.1 Å². The third-order valence-corrected chi connectivity index (χ3v) is 6.47. The Morgan fingerprint density at radius 2 is 1.84 bits per heavy atom.